The zero-order chi connectivity index (χ0) is 17.1. The zero-order valence-electron chi connectivity index (χ0n) is 13.0. The van der Waals surface area contributed by atoms with E-state index in [2.05, 4.69) is 22.3 Å². The van der Waals surface area contributed by atoms with E-state index in [1.54, 1.807) is 18.4 Å². The Hall–Kier alpha value is -2.50. The maximum Gasteiger partial charge on any atom is 0.284 e. The van der Waals surface area contributed by atoms with Crippen LogP contribution in [0.25, 0.3) is 11.7 Å². The third-order valence-corrected chi connectivity index (χ3v) is 5.03. The summed E-state index contributed by atoms with van der Waals surface area (Å²) in [4.78, 5) is 0. The molecular weight excluding hydrogens is 356 g/mol. The van der Waals surface area contributed by atoms with E-state index < -0.39 is 0 Å². The highest BCUT2D eigenvalue weighted by molar-refractivity contribution is 7.99. The first-order valence-corrected chi connectivity index (χ1v) is 8.90. The van der Waals surface area contributed by atoms with E-state index in [1.165, 1.54) is 11.8 Å². The third kappa shape index (κ3) is 3.62. The van der Waals surface area contributed by atoms with Gasteiger partial charge in [0.05, 0.1) is 11.5 Å². The van der Waals surface area contributed by atoms with E-state index in [9.17, 15) is 0 Å². The predicted octanol–water partition coefficient (Wildman–Crippen LogP) is 5.86. The Kier molecular flexibility index (Phi) is 4.59. The summed E-state index contributed by atoms with van der Waals surface area (Å²) in [6.07, 6.45) is 1.58. The minimum Gasteiger partial charge on any atom is -0.459 e. The lowest BCUT2D eigenvalue weighted by atomic mass is 10.0. The minimum absolute atomic E-state index is 0.0170. The molecule has 1 atom stereocenters. The molecule has 124 valence electrons. The van der Waals surface area contributed by atoms with Gasteiger partial charge in [0.2, 0.25) is 0 Å². The normalized spacial score (nSPS) is 12.2. The zero-order valence-corrected chi connectivity index (χ0v) is 14.6. The third-order valence-electron chi connectivity index (χ3n) is 3.63. The molecule has 0 aliphatic rings. The molecule has 0 aliphatic heterocycles. The number of hydrogen-bond acceptors (Lipinski definition) is 5. The Morgan fingerprint density at radius 3 is 2.32 bits per heavy atom. The van der Waals surface area contributed by atoms with E-state index in [4.69, 9.17) is 20.4 Å². The van der Waals surface area contributed by atoms with Crippen LogP contribution in [-0.2, 0) is 0 Å². The van der Waals surface area contributed by atoms with Crippen molar-refractivity contribution in [2.75, 3.05) is 0 Å². The van der Waals surface area contributed by atoms with Crippen molar-refractivity contribution in [1.82, 2.24) is 10.2 Å². The fourth-order valence-electron chi connectivity index (χ4n) is 2.45. The quantitative estimate of drug-likeness (QED) is 0.412. The standard InChI is InChI=1S/C19H13ClN2O2S/c20-15-10-8-14(9-11-15)17(13-5-2-1-3-6-13)25-19-22-21-18(24-19)16-7-4-12-23-16/h1-12,17H/t17-/m0/s1. The molecule has 2 aromatic heterocycles. The number of thioether (sulfide) groups is 1. The number of aromatic nitrogens is 2. The fourth-order valence-corrected chi connectivity index (χ4v) is 3.58. The van der Waals surface area contributed by atoms with Crippen molar-refractivity contribution in [3.63, 3.8) is 0 Å². The summed E-state index contributed by atoms with van der Waals surface area (Å²) in [6, 6.07) is 21.5. The summed E-state index contributed by atoms with van der Waals surface area (Å²) in [5.74, 6) is 0.928. The minimum atomic E-state index is 0.0170. The van der Waals surface area contributed by atoms with Crippen LogP contribution in [0.2, 0.25) is 5.02 Å². The summed E-state index contributed by atoms with van der Waals surface area (Å²) >= 11 is 7.52. The molecule has 2 aromatic carbocycles. The molecule has 0 saturated heterocycles. The van der Waals surface area contributed by atoms with Crippen molar-refractivity contribution < 1.29 is 8.83 Å². The van der Waals surface area contributed by atoms with Gasteiger partial charge in [-0.05, 0) is 35.4 Å². The van der Waals surface area contributed by atoms with Gasteiger partial charge in [0.15, 0.2) is 5.76 Å². The monoisotopic (exact) mass is 368 g/mol. The summed E-state index contributed by atoms with van der Waals surface area (Å²) < 4.78 is 11.0. The van der Waals surface area contributed by atoms with Crippen molar-refractivity contribution >= 4 is 23.4 Å². The highest BCUT2D eigenvalue weighted by Gasteiger charge is 2.20. The van der Waals surface area contributed by atoms with Crippen LogP contribution in [0.15, 0.2) is 87.1 Å². The second-order valence-electron chi connectivity index (χ2n) is 5.31. The van der Waals surface area contributed by atoms with Crippen molar-refractivity contribution in [2.24, 2.45) is 0 Å². The topological polar surface area (TPSA) is 52.1 Å². The van der Waals surface area contributed by atoms with Gasteiger partial charge < -0.3 is 8.83 Å². The molecule has 0 N–H and O–H groups in total. The number of hydrogen-bond donors (Lipinski definition) is 0. The number of benzene rings is 2. The average molecular weight is 369 g/mol. The van der Waals surface area contributed by atoms with Crippen molar-refractivity contribution in [3.8, 4) is 11.7 Å². The Bertz CT molecular complexity index is 937. The van der Waals surface area contributed by atoms with E-state index in [0.29, 0.717) is 21.9 Å². The first kappa shape index (κ1) is 16.0. The lowest BCUT2D eigenvalue weighted by molar-refractivity contribution is 0.447. The fraction of sp³-hybridized carbons (Fsp3) is 0.0526. The number of nitrogens with zero attached hydrogens (tertiary/aromatic N) is 2. The molecule has 0 fully saturated rings. The van der Waals surface area contributed by atoms with Gasteiger partial charge in [-0.1, -0.05) is 65.8 Å². The molecule has 0 amide bonds. The SMILES string of the molecule is Clc1ccc([C@@H](Sc2nnc(-c3ccco3)o2)c2ccccc2)cc1. The van der Waals surface area contributed by atoms with E-state index in [0.717, 1.165) is 11.1 Å². The van der Waals surface area contributed by atoms with E-state index in [-0.39, 0.29) is 5.25 Å². The Morgan fingerprint density at radius 2 is 1.60 bits per heavy atom. The molecule has 0 radical (unpaired) electrons. The lowest BCUT2D eigenvalue weighted by Gasteiger charge is -2.15. The van der Waals surface area contributed by atoms with E-state index in [1.807, 2.05) is 42.5 Å². The second-order valence-corrected chi connectivity index (χ2v) is 6.80. The molecule has 0 saturated carbocycles. The molecule has 0 spiro atoms. The Labute approximate surface area is 153 Å². The summed E-state index contributed by atoms with van der Waals surface area (Å²) in [5, 5.41) is 9.41. The molecule has 6 heteroatoms. The molecule has 0 bridgehead atoms. The van der Waals surface area contributed by atoms with Crippen LogP contribution < -0.4 is 0 Å². The maximum atomic E-state index is 6.02. The Morgan fingerprint density at radius 1 is 0.840 bits per heavy atom. The Balaban J connectivity index is 1.66. The van der Waals surface area contributed by atoms with Crippen LogP contribution >= 0.6 is 23.4 Å². The predicted molar refractivity (Wildman–Crippen MR) is 97.6 cm³/mol. The van der Waals surface area contributed by atoms with Crippen LogP contribution in [0.1, 0.15) is 16.4 Å². The van der Waals surface area contributed by atoms with Crippen molar-refractivity contribution in [2.45, 2.75) is 10.5 Å². The maximum absolute atomic E-state index is 6.02. The van der Waals surface area contributed by atoms with Gasteiger partial charge in [-0.3, -0.25) is 0 Å². The van der Waals surface area contributed by atoms with Gasteiger partial charge >= 0.3 is 0 Å². The van der Waals surface area contributed by atoms with Gasteiger partial charge in [-0.2, -0.15) is 0 Å². The average Bonchev–Trinajstić information content (AvgIpc) is 3.33. The van der Waals surface area contributed by atoms with Gasteiger partial charge in [-0.15, -0.1) is 10.2 Å². The van der Waals surface area contributed by atoms with Gasteiger partial charge in [0.1, 0.15) is 0 Å². The first-order valence-electron chi connectivity index (χ1n) is 7.64. The second kappa shape index (κ2) is 7.17. The first-order chi connectivity index (χ1) is 12.3. The summed E-state index contributed by atoms with van der Waals surface area (Å²) in [5.41, 5.74) is 2.26. The molecule has 4 aromatic rings. The molecule has 0 aliphatic carbocycles. The molecule has 2 heterocycles. The molecule has 0 unspecified atom stereocenters. The lowest BCUT2D eigenvalue weighted by Crippen LogP contribution is -1.96. The van der Waals surface area contributed by atoms with Gasteiger partial charge in [-0.25, -0.2) is 0 Å². The van der Waals surface area contributed by atoms with Gasteiger partial charge in [0.25, 0.3) is 11.1 Å². The van der Waals surface area contributed by atoms with E-state index >= 15 is 0 Å². The van der Waals surface area contributed by atoms with Crippen LogP contribution in [0, 0.1) is 0 Å². The van der Waals surface area contributed by atoms with Crippen LogP contribution in [0.5, 0.6) is 0 Å². The van der Waals surface area contributed by atoms with Crippen LogP contribution in [-0.4, -0.2) is 10.2 Å². The van der Waals surface area contributed by atoms with Crippen molar-refractivity contribution in [3.05, 3.63) is 89.1 Å². The summed E-state index contributed by atoms with van der Waals surface area (Å²) in [6.45, 7) is 0. The van der Waals surface area contributed by atoms with Crippen molar-refractivity contribution in [1.29, 1.82) is 0 Å². The number of halogens is 1. The number of furan rings is 1. The molecule has 4 rings (SSSR count). The largest absolute Gasteiger partial charge is 0.459 e. The highest BCUT2D eigenvalue weighted by atomic mass is 35.5. The smallest absolute Gasteiger partial charge is 0.284 e. The highest BCUT2D eigenvalue weighted by Crippen LogP contribution is 2.40. The van der Waals surface area contributed by atoms with Crippen LogP contribution in [0.3, 0.4) is 0 Å². The summed E-state index contributed by atoms with van der Waals surface area (Å²) in [7, 11) is 0. The molecular formula is C19H13ClN2O2S. The van der Waals surface area contributed by atoms with Crippen LogP contribution in [0.4, 0.5) is 0 Å². The molecule has 25 heavy (non-hydrogen) atoms. The molecule has 4 nitrogen and oxygen atoms in total. The van der Waals surface area contributed by atoms with Gasteiger partial charge in [0, 0.05) is 5.02 Å². The number of rotatable bonds is 5.